The van der Waals surface area contributed by atoms with Crippen molar-refractivity contribution in [3.63, 3.8) is 0 Å². The van der Waals surface area contributed by atoms with E-state index in [9.17, 15) is 4.79 Å². The average molecular weight is 305 g/mol. The number of piperazine rings is 1. The van der Waals surface area contributed by atoms with Crippen LogP contribution in [0.3, 0.4) is 0 Å². The second-order valence-corrected chi connectivity index (χ2v) is 5.94. The van der Waals surface area contributed by atoms with Gasteiger partial charge in [-0.15, -0.1) is 0 Å². The summed E-state index contributed by atoms with van der Waals surface area (Å²) in [6, 6.07) is 6.15. The first-order valence-electron chi connectivity index (χ1n) is 7.94. The monoisotopic (exact) mass is 305 g/mol. The van der Waals surface area contributed by atoms with Gasteiger partial charge in [-0.25, -0.2) is 0 Å². The molecule has 0 atom stereocenters. The van der Waals surface area contributed by atoms with E-state index < -0.39 is 0 Å². The molecular formula is C17H27N3O2. The molecule has 2 rings (SSSR count). The van der Waals surface area contributed by atoms with E-state index in [2.05, 4.69) is 31.3 Å². The molecule has 0 bridgehead atoms. The molecule has 1 fully saturated rings. The van der Waals surface area contributed by atoms with Crippen LogP contribution in [0, 0.1) is 13.8 Å². The van der Waals surface area contributed by atoms with Crippen LogP contribution in [0.1, 0.15) is 11.1 Å². The van der Waals surface area contributed by atoms with Crippen LogP contribution in [0.25, 0.3) is 0 Å². The highest BCUT2D eigenvalue weighted by Crippen LogP contribution is 2.22. The fourth-order valence-electron chi connectivity index (χ4n) is 2.65. The van der Waals surface area contributed by atoms with Crippen LogP contribution in [0.2, 0.25) is 0 Å². The number of carbonyl (C=O) groups is 1. The van der Waals surface area contributed by atoms with Crippen molar-refractivity contribution in [2.24, 2.45) is 0 Å². The molecule has 1 N–H and O–H groups in total. The third-order valence-electron chi connectivity index (χ3n) is 4.00. The summed E-state index contributed by atoms with van der Waals surface area (Å²) in [5.74, 6) is 1.17. The molecule has 22 heavy (non-hydrogen) atoms. The summed E-state index contributed by atoms with van der Waals surface area (Å²) in [7, 11) is 1.97. The molecule has 0 saturated carbocycles. The highest BCUT2D eigenvalue weighted by molar-refractivity contribution is 5.78. The third kappa shape index (κ3) is 4.71. The van der Waals surface area contributed by atoms with Gasteiger partial charge in [-0.05, 0) is 32.0 Å². The smallest absolute Gasteiger partial charge is 0.236 e. The van der Waals surface area contributed by atoms with E-state index in [-0.39, 0.29) is 5.91 Å². The van der Waals surface area contributed by atoms with E-state index in [0.29, 0.717) is 13.2 Å². The van der Waals surface area contributed by atoms with Crippen molar-refractivity contribution in [1.29, 1.82) is 0 Å². The van der Waals surface area contributed by atoms with Crippen LogP contribution in [0.15, 0.2) is 18.2 Å². The number of benzene rings is 1. The Bertz CT molecular complexity index is 478. The van der Waals surface area contributed by atoms with Crippen LogP contribution in [-0.4, -0.2) is 68.6 Å². The summed E-state index contributed by atoms with van der Waals surface area (Å²) < 4.78 is 5.89. The maximum absolute atomic E-state index is 12.2. The minimum absolute atomic E-state index is 0.205. The molecule has 1 heterocycles. The molecule has 5 heteroatoms. The van der Waals surface area contributed by atoms with E-state index in [1.807, 2.05) is 22.9 Å². The van der Waals surface area contributed by atoms with Crippen molar-refractivity contribution >= 4 is 5.91 Å². The highest BCUT2D eigenvalue weighted by Gasteiger charge is 2.17. The molecule has 5 nitrogen and oxygen atoms in total. The Balaban J connectivity index is 1.73. The number of aryl methyl sites for hydroxylation is 2. The maximum atomic E-state index is 12.2. The molecule has 1 aromatic carbocycles. The predicted molar refractivity (Wildman–Crippen MR) is 88.4 cm³/mol. The number of nitrogens with zero attached hydrogens (tertiary/aromatic N) is 2. The number of carbonyl (C=O) groups excluding carboxylic acids is 1. The van der Waals surface area contributed by atoms with Crippen LogP contribution >= 0.6 is 0 Å². The van der Waals surface area contributed by atoms with Gasteiger partial charge >= 0.3 is 0 Å². The normalized spacial score (nSPS) is 15.2. The van der Waals surface area contributed by atoms with Crippen LogP contribution in [-0.2, 0) is 4.79 Å². The van der Waals surface area contributed by atoms with E-state index in [1.54, 1.807) is 0 Å². The molecule has 0 aliphatic carbocycles. The lowest BCUT2D eigenvalue weighted by Gasteiger charge is -2.29. The number of nitrogens with one attached hydrogen (secondary N) is 1. The fourth-order valence-corrected chi connectivity index (χ4v) is 2.65. The lowest BCUT2D eigenvalue weighted by atomic mass is 10.1. The van der Waals surface area contributed by atoms with E-state index in [4.69, 9.17) is 4.74 Å². The fraction of sp³-hybridized carbons (Fsp3) is 0.588. The minimum Gasteiger partial charge on any atom is -0.492 e. The van der Waals surface area contributed by atoms with Crippen molar-refractivity contribution in [3.8, 4) is 5.75 Å². The molecule has 0 unspecified atom stereocenters. The molecule has 1 aliphatic rings. The first kappa shape index (κ1) is 16.8. The van der Waals surface area contributed by atoms with Crippen molar-refractivity contribution in [1.82, 2.24) is 15.1 Å². The third-order valence-corrected chi connectivity index (χ3v) is 4.00. The Kier molecular flexibility index (Phi) is 6.21. The lowest BCUT2D eigenvalue weighted by molar-refractivity contribution is -0.132. The largest absolute Gasteiger partial charge is 0.492 e. The topological polar surface area (TPSA) is 44.8 Å². The summed E-state index contributed by atoms with van der Waals surface area (Å²) in [5, 5.41) is 3.26. The molecule has 122 valence electrons. The van der Waals surface area contributed by atoms with Gasteiger partial charge in [-0.1, -0.05) is 18.2 Å². The molecule has 1 saturated heterocycles. The Morgan fingerprint density at radius 3 is 2.55 bits per heavy atom. The van der Waals surface area contributed by atoms with Gasteiger partial charge in [0.25, 0.3) is 0 Å². The number of amides is 1. The average Bonchev–Trinajstić information content (AvgIpc) is 2.51. The minimum atomic E-state index is 0.205. The van der Waals surface area contributed by atoms with Crippen LogP contribution in [0.4, 0.5) is 0 Å². The Hall–Kier alpha value is -1.59. The number of hydrogen-bond acceptors (Lipinski definition) is 4. The van der Waals surface area contributed by atoms with Gasteiger partial charge in [-0.2, -0.15) is 0 Å². The zero-order chi connectivity index (χ0) is 15.9. The van der Waals surface area contributed by atoms with Gasteiger partial charge in [-0.3, -0.25) is 9.69 Å². The zero-order valence-electron chi connectivity index (χ0n) is 13.9. The molecule has 0 aromatic heterocycles. The van der Waals surface area contributed by atoms with Gasteiger partial charge in [0.05, 0.1) is 6.54 Å². The zero-order valence-corrected chi connectivity index (χ0v) is 13.9. The summed E-state index contributed by atoms with van der Waals surface area (Å²) in [5.41, 5.74) is 2.30. The SMILES string of the molecule is Cc1cccc(C)c1OCCN(C)CC(=O)N1CCNCC1. The van der Waals surface area contributed by atoms with Crippen LogP contribution < -0.4 is 10.1 Å². The first-order valence-corrected chi connectivity index (χ1v) is 7.94. The second-order valence-electron chi connectivity index (χ2n) is 5.94. The summed E-state index contributed by atoms with van der Waals surface area (Å²) >= 11 is 0. The molecule has 1 aliphatic heterocycles. The van der Waals surface area contributed by atoms with E-state index in [0.717, 1.165) is 49.6 Å². The van der Waals surface area contributed by atoms with Gasteiger partial charge in [0, 0.05) is 32.7 Å². The molecule has 1 amide bonds. The number of rotatable bonds is 6. The molecule has 1 aromatic rings. The van der Waals surface area contributed by atoms with E-state index >= 15 is 0 Å². The highest BCUT2D eigenvalue weighted by atomic mass is 16.5. The quantitative estimate of drug-likeness (QED) is 0.853. The van der Waals surface area contributed by atoms with Gasteiger partial charge in [0.1, 0.15) is 12.4 Å². The molecular weight excluding hydrogens is 278 g/mol. The van der Waals surface area contributed by atoms with Crippen molar-refractivity contribution in [3.05, 3.63) is 29.3 Å². The Morgan fingerprint density at radius 1 is 1.27 bits per heavy atom. The first-order chi connectivity index (χ1) is 10.6. The van der Waals surface area contributed by atoms with Crippen molar-refractivity contribution < 1.29 is 9.53 Å². The molecule has 0 spiro atoms. The summed E-state index contributed by atoms with van der Waals surface area (Å²) in [6.07, 6.45) is 0. The number of hydrogen-bond donors (Lipinski definition) is 1. The predicted octanol–water partition coefficient (Wildman–Crippen LogP) is 1.05. The number of para-hydroxylation sites is 1. The summed E-state index contributed by atoms with van der Waals surface area (Å²) in [6.45, 7) is 9.31. The van der Waals surface area contributed by atoms with Crippen molar-refractivity contribution in [2.75, 3.05) is 52.9 Å². The van der Waals surface area contributed by atoms with Gasteiger partial charge in [0.2, 0.25) is 5.91 Å². The van der Waals surface area contributed by atoms with Gasteiger partial charge in [0.15, 0.2) is 0 Å². The summed E-state index contributed by atoms with van der Waals surface area (Å²) in [4.78, 5) is 16.1. The number of ether oxygens (including phenoxy) is 1. The molecule has 0 radical (unpaired) electrons. The van der Waals surface area contributed by atoms with Crippen LogP contribution in [0.5, 0.6) is 5.75 Å². The number of likely N-dealkylation sites (N-methyl/N-ethyl adjacent to an activating group) is 1. The second kappa shape index (κ2) is 8.15. The Labute approximate surface area is 133 Å². The Morgan fingerprint density at radius 2 is 1.91 bits per heavy atom. The lowest BCUT2D eigenvalue weighted by Crippen LogP contribution is -2.49. The van der Waals surface area contributed by atoms with Gasteiger partial charge < -0.3 is 15.0 Å². The standard InChI is InChI=1S/C17H27N3O2/c1-14-5-4-6-15(2)17(14)22-12-11-19(3)13-16(21)20-9-7-18-8-10-20/h4-6,18H,7-13H2,1-3H3. The van der Waals surface area contributed by atoms with E-state index in [1.165, 1.54) is 0 Å². The van der Waals surface area contributed by atoms with Crippen molar-refractivity contribution in [2.45, 2.75) is 13.8 Å². The maximum Gasteiger partial charge on any atom is 0.236 e.